The van der Waals surface area contributed by atoms with Crippen LogP contribution >= 0.6 is 11.8 Å². The van der Waals surface area contributed by atoms with Crippen LogP contribution in [0.15, 0.2) is 40.3 Å². The number of nitrogens with one attached hydrogen (secondary N) is 1. The Morgan fingerprint density at radius 3 is 2.94 bits per heavy atom. The van der Waals surface area contributed by atoms with Gasteiger partial charge in [0.1, 0.15) is 5.82 Å². The predicted octanol–water partition coefficient (Wildman–Crippen LogP) is 1.95. The predicted molar refractivity (Wildman–Crippen MR) is 70.0 cm³/mol. The quantitative estimate of drug-likeness (QED) is 0.642. The van der Waals surface area contributed by atoms with Gasteiger partial charge in [0.25, 0.3) is 5.56 Å². The summed E-state index contributed by atoms with van der Waals surface area (Å²) < 4.78 is 0. The fourth-order valence-electron chi connectivity index (χ4n) is 1.48. The fourth-order valence-corrected chi connectivity index (χ4v) is 2.30. The maximum atomic E-state index is 11.2. The molecule has 0 amide bonds. The van der Waals surface area contributed by atoms with E-state index in [1.165, 1.54) is 29.0 Å². The Hall–Kier alpha value is -1.75. The minimum absolute atomic E-state index is 0.218. The van der Waals surface area contributed by atoms with E-state index >= 15 is 0 Å². The number of aryl methyl sites for hydroxylation is 1. The molecular weight excluding hydrogens is 234 g/mol. The van der Waals surface area contributed by atoms with E-state index in [0.29, 0.717) is 5.16 Å². The largest absolute Gasteiger partial charge is 0.383 e. The molecule has 0 aliphatic rings. The van der Waals surface area contributed by atoms with Gasteiger partial charge >= 0.3 is 0 Å². The van der Waals surface area contributed by atoms with Crippen molar-refractivity contribution in [3.05, 3.63) is 51.8 Å². The first kappa shape index (κ1) is 11.7. The van der Waals surface area contributed by atoms with Crippen molar-refractivity contribution in [3.8, 4) is 0 Å². The van der Waals surface area contributed by atoms with E-state index < -0.39 is 0 Å². The van der Waals surface area contributed by atoms with Crippen LogP contribution in [0.3, 0.4) is 0 Å². The number of rotatable bonds is 3. The van der Waals surface area contributed by atoms with Gasteiger partial charge in [0.15, 0.2) is 5.16 Å². The van der Waals surface area contributed by atoms with Gasteiger partial charge in [-0.1, -0.05) is 41.6 Å². The van der Waals surface area contributed by atoms with E-state index in [-0.39, 0.29) is 11.4 Å². The Morgan fingerprint density at radius 1 is 1.41 bits per heavy atom. The summed E-state index contributed by atoms with van der Waals surface area (Å²) in [5.74, 6) is 1.01. The zero-order valence-corrected chi connectivity index (χ0v) is 10.3. The van der Waals surface area contributed by atoms with Gasteiger partial charge in [-0.25, -0.2) is 4.98 Å². The molecule has 0 fully saturated rings. The summed E-state index contributed by atoms with van der Waals surface area (Å²) in [4.78, 5) is 17.9. The molecule has 0 aliphatic carbocycles. The first-order valence-electron chi connectivity index (χ1n) is 5.19. The number of aromatic nitrogens is 2. The van der Waals surface area contributed by atoms with E-state index in [1.807, 2.05) is 12.1 Å². The lowest BCUT2D eigenvalue weighted by Crippen LogP contribution is -2.09. The summed E-state index contributed by atoms with van der Waals surface area (Å²) in [5.41, 5.74) is 7.70. The SMILES string of the molecule is Cc1cccc(CSc2nc(N)cc(=O)[nH]2)c1. The molecule has 0 atom stereocenters. The molecule has 0 radical (unpaired) electrons. The van der Waals surface area contributed by atoms with Crippen molar-refractivity contribution >= 4 is 17.6 Å². The lowest BCUT2D eigenvalue weighted by atomic mass is 10.2. The van der Waals surface area contributed by atoms with Crippen LogP contribution in [0, 0.1) is 6.92 Å². The number of nitrogens with zero attached hydrogens (tertiary/aromatic N) is 1. The molecule has 17 heavy (non-hydrogen) atoms. The lowest BCUT2D eigenvalue weighted by Gasteiger charge is -2.02. The first-order chi connectivity index (χ1) is 8.13. The van der Waals surface area contributed by atoms with Crippen molar-refractivity contribution in [1.29, 1.82) is 0 Å². The second kappa shape index (κ2) is 5.05. The van der Waals surface area contributed by atoms with Crippen molar-refractivity contribution in [2.75, 3.05) is 5.73 Å². The van der Waals surface area contributed by atoms with Gasteiger partial charge in [-0.3, -0.25) is 4.79 Å². The normalized spacial score (nSPS) is 10.4. The summed E-state index contributed by atoms with van der Waals surface area (Å²) in [6, 6.07) is 9.49. The minimum atomic E-state index is -0.218. The van der Waals surface area contributed by atoms with E-state index in [0.717, 1.165) is 5.75 Å². The monoisotopic (exact) mass is 247 g/mol. The number of nitrogens with two attached hydrogens (primary N) is 1. The molecule has 0 saturated heterocycles. The van der Waals surface area contributed by atoms with Gasteiger partial charge in [-0.05, 0) is 12.5 Å². The molecule has 2 rings (SSSR count). The second-order valence-corrected chi connectivity index (χ2v) is 4.72. The Balaban J connectivity index is 2.09. The zero-order valence-electron chi connectivity index (χ0n) is 9.43. The van der Waals surface area contributed by atoms with Crippen molar-refractivity contribution in [2.24, 2.45) is 0 Å². The van der Waals surface area contributed by atoms with Crippen molar-refractivity contribution in [1.82, 2.24) is 9.97 Å². The zero-order chi connectivity index (χ0) is 12.3. The molecule has 0 bridgehead atoms. The highest BCUT2D eigenvalue weighted by Crippen LogP contribution is 2.19. The Bertz CT molecular complexity index is 580. The van der Waals surface area contributed by atoms with E-state index in [2.05, 4.69) is 29.0 Å². The van der Waals surface area contributed by atoms with Gasteiger partial charge < -0.3 is 10.7 Å². The van der Waals surface area contributed by atoms with E-state index in [9.17, 15) is 4.79 Å². The number of hydrogen-bond donors (Lipinski definition) is 2. The highest BCUT2D eigenvalue weighted by atomic mass is 32.2. The van der Waals surface area contributed by atoms with Crippen molar-refractivity contribution < 1.29 is 0 Å². The number of benzene rings is 1. The number of H-pyrrole nitrogens is 1. The number of aromatic amines is 1. The van der Waals surface area contributed by atoms with Gasteiger partial charge in [0.05, 0.1) is 0 Å². The summed E-state index contributed by atoms with van der Waals surface area (Å²) >= 11 is 1.46. The van der Waals surface area contributed by atoms with Crippen molar-refractivity contribution in [3.63, 3.8) is 0 Å². The smallest absolute Gasteiger partial charge is 0.253 e. The maximum absolute atomic E-state index is 11.2. The molecule has 0 saturated carbocycles. The Kier molecular flexibility index (Phi) is 3.49. The molecule has 88 valence electrons. The average Bonchev–Trinajstić information content (AvgIpc) is 2.25. The third kappa shape index (κ3) is 3.35. The Labute approximate surface area is 103 Å². The van der Waals surface area contributed by atoms with Crippen LogP contribution in [0.5, 0.6) is 0 Å². The maximum Gasteiger partial charge on any atom is 0.253 e. The summed E-state index contributed by atoms with van der Waals surface area (Å²) in [5, 5.41) is 0.552. The Morgan fingerprint density at radius 2 is 2.24 bits per heavy atom. The number of anilines is 1. The van der Waals surface area contributed by atoms with Crippen LogP contribution in [-0.4, -0.2) is 9.97 Å². The van der Waals surface area contributed by atoms with Crippen LogP contribution in [0.25, 0.3) is 0 Å². The van der Waals surface area contributed by atoms with Gasteiger partial charge in [-0.15, -0.1) is 0 Å². The highest BCUT2D eigenvalue weighted by molar-refractivity contribution is 7.98. The fraction of sp³-hybridized carbons (Fsp3) is 0.167. The summed E-state index contributed by atoms with van der Waals surface area (Å²) in [6.45, 7) is 2.05. The summed E-state index contributed by atoms with van der Waals surface area (Å²) in [7, 11) is 0. The minimum Gasteiger partial charge on any atom is -0.383 e. The first-order valence-corrected chi connectivity index (χ1v) is 6.17. The average molecular weight is 247 g/mol. The molecule has 1 heterocycles. The third-order valence-electron chi connectivity index (χ3n) is 2.20. The second-order valence-electron chi connectivity index (χ2n) is 3.75. The standard InChI is InChI=1S/C12H13N3OS/c1-8-3-2-4-9(5-8)7-17-12-14-10(13)6-11(16)15-12/h2-6H,7H2,1H3,(H3,13,14,15,16). The van der Waals surface area contributed by atoms with Gasteiger partial charge in [-0.2, -0.15) is 0 Å². The topological polar surface area (TPSA) is 71.8 Å². The number of nitrogen functional groups attached to an aromatic ring is 1. The molecule has 3 N–H and O–H groups in total. The molecule has 0 spiro atoms. The third-order valence-corrected chi connectivity index (χ3v) is 3.14. The molecule has 0 unspecified atom stereocenters. The molecule has 0 aliphatic heterocycles. The van der Waals surface area contributed by atoms with Gasteiger partial charge in [0, 0.05) is 11.8 Å². The molecule has 4 nitrogen and oxygen atoms in total. The molecule has 1 aromatic carbocycles. The molecular formula is C12H13N3OS. The molecule has 1 aromatic heterocycles. The van der Waals surface area contributed by atoms with Gasteiger partial charge in [0.2, 0.25) is 0 Å². The van der Waals surface area contributed by atoms with E-state index in [1.54, 1.807) is 0 Å². The number of thioether (sulfide) groups is 1. The van der Waals surface area contributed by atoms with Crippen molar-refractivity contribution in [2.45, 2.75) is 17.8 Å². The van der Waals surface area contributed by atoms with Crippen LogP contribution in [-0.2, 0) is 5.75 Å². The molecule has 5 heteroatoms. The number of hydrogen-bond acceptors (Lipinski definition) is 4. The van der Waals surface area contributed by atoms with Crippen LogP contribution < -0.4 is 11.3 Å². The van der Waals surface area contributed by atoms with Crippen LogP contribution in [0.1, 0.15) is 11.1 Å². The molecule has 2 aromatic rings. The summed E-state index contributed by atoms with van der Waals surface area (Å²) in [6.07, 6.45) is 0. The van der Waals surface area contributed by atoms with Crippen LogP contribution in [0.2, 0.25) is 0 Å². The highest BCUT2D eigenvalue weighted by Gasteiger charge is 2.00. The van der Waals surface area contributed by atoms with E-state index in [4.69, 9.17) is 5.73 Å². The lowest BCUT2D eigenvalue weighted by molar-refractivity contribution is 0.945. The van der Waals surface area contributed by atoms with Crippen LogP contribution in [0.4, 0.5) is 5.82 Å².